The van der Waals surface area contributed by atoms with Gasteiger partial charge in [-0.3, -0.25) is 4.99 Å². The number of hydrogen-bond donors (Lipinski definition) is 3. The predicted octanol–water partition coefficient (Wildman–Crippen LogP) is 4.42. The van der Waals surface area contributed by atoms with E-state index in [1.54, 1.807) is 19.2 Å². The molecule has 0 spiro atoms. The summed E-state index contributed by atoms with van der Waals surface area (Å²) in [6.45, 7) is 0.593. The highest BCUT2D eigenvalue weighted by atomic mass is 127. The van der Waals surface area contributed by atoms with Gasteiger partial charge in [-0.15, -0.1) is 24.0 Å². The van der Waals surface area contributed by atoms with E-state index in [4.69, 9.17) is 22.1 Å². The first-order valence-corrected chi connectivity index (χ1v) is 8.00. The molecular formula is C18H20ClIN4O. The topological polar surface area (TPSA) is 75.4 Å². The van der Waals surface area contributed by atoms with Crippen LogP contribution >= 0.6 is 35.6 Å². The van der Waals surface area contributed by atoms with Crippen molar-refractivity contribution in [3.8, 4) is 5.75 Å². The quantitative estimate of drug-likeness (QED) is 0.294. The summed E-state index contributed by atoms with van der Waals surface area (Å²) in [5.41, 5.74) is 8.96. The second-order valence-electron chi connectivity index (χ2n) is 5.37. The van der Waals surface area contributed by atoms with Crippen LogP contribution in [0.1, 0.15) is 5.69 Å². The number of fused-ring (bicyclic) bond motifs is 1. The van der Waals surface area contributed by atoms with Crippen LogP contribution < -0.4 is 15.8 Å². The van der Waals surface area contributed by atoms with Crippen LogP contribution in [-0.2, 0) is 6.42 Å². The molecule has 0 aliphatic heterocycles. The molecule has 0 bridgehead atoms. The van der Waals surface area contributed by atoms with E-state index in [0.717, 1.165) is 23.3 Å². The molecule has 132 valence electrons. The van der Waals surface area contributed by atoms with E-state index in [0.29, 0.717) is 23.3 Å². The number of guanidine groups is 1. The van der Waals surface area contributed by atoms with Crippen LogP contribution in [0, 0.1) is 0 Å². The summed E-state index contributed by atoms with van der Waals surface area (Å²) in [4.78, 5) is 7.72. The summed E-state index contributed by atoms with van der Waals surface area (Å²) in [6, 6.07) is 15.7. The number of nitrogens with one attached hydrogen (secondary N) is 2. The molecule has 25 heavy (non-hydrogen) atoms. The number of aromatic nitrogens is 1. The van der Waals surface area contributed by atoms with Crippen LogP contribution in [0.25, 0.3) is 10.9 Å². The summed E-state index contributed by atoms with van der Waals surface area (Å²) >= 11 is 6.09. The molecule has 0 radical (unpaired) electrons. The van der Waals surface area contributed by atoms with Crippen molar-refractivity contribution >= 4 is 58.1 Å². The molecule has 0 aliphatic rings. The number of nitrogens with zero attached hydrogens (tertiary/aromatic N) is 1. The number of methoxy groups -OCH3 is 1. The van der Waals surface area contributed by atoms with Gasteiger partial charge in [0, 0.05) is 29.9 Å². The zero-order chi connectivity index (χ0) is 16.9. The number of para-hydroxylation sites is 1. The van der Waals surface area contributed by atoms with Gasteiger partial charge in [0.1, 0.15) is 5.75 Å². The van der Waals surface area contributed by atoms with Gasteiger partial charge in [0.2, 0.25) is 0 Å². The van der Waals surface area contributed by atoms with Gasteiger partial charge >= 0.3 is 0 Å². The highest BCUT2D eigenvalue weighted by Gasteiger charge is 2.03. The van der Waals surface area contributed by atoms with Gasteiger partial charge in [0.25, 0.3) is 0 Å². The van der Waals surface area contributed by atoms with Crippen molar-refractivity contribution in [2.45, 2.75) is 6.42 Å². The molecule has 3 rings (SSSR count). The van der Waals surface area contributed by atoms with Crippen LogP contribution in [0.15, 0.2) is 53.5 Å². The Kier molecular flexibility index (Phi) is 6.95. The second-order valence-corrected chi connectivity index (χ2v) is 5.78. The molecule has 0 unspecified atom stereocenters. The Morgan fingerprint density at radius 1 is 1.24 bits per heavy atom. The zero-order valence-electron chi connectivity index (χ0n) is 13.8. The molecule has 2 aromatic carbocycles. The lowest BCUT2D eigenvalue weighted by Gasteiger charge is -2.08. The first-order valence-electron chi connectivity index (χ1n) is 7.63. The highest BCUT2D eigenvalue weighted by molar-refractivity contribution is 14.0. The Labute approximate surface area is 168 Å². The Hall–Kier alpha value is -1.93. The number of H-pyrrole nitrogens is 1. The Balaban J connectivity index is 0.00000225. The lowest BCUT2D eigenvalue weighted by Crippen LogP contribution is -2.23. The van der Waals surface area contributed by atoms with Gasteiger partial charge < -0.3 is 20.8 Å². The number of anilines is 1. The molecule has 5 nitrogen and oxygen atoms in total. The van der Waals surface area contributed by atoms with E-state index in [-0.39, 0.29) is 24.0 Å². The standard InChI is InChI=1S/C18H19ClN4O.HI/c1-24-17-7-6-13(11-15(17)19)23-18(20)21-9-8-14-10-12-4-2-3-5-16(12)22-14;/h2-7,10-11,22H,8-9H2,1H3,(H3,20,21,23);1H. The van der Waals surface area contributed by atoms with Gasteiger partial charge in [-0.2, -0.15) is 0 Å². The zero-order valence-corrected chi connectivity index (χ0v) is 16.8. The minimum Gasteiger partial charge on any atom is -0.495 e. The molecule has 0 atom stereocenters. The largest absolute Gasteiger partial charge is 0.495 e. The number of nitrogens with two attached hydrogens (primary N) is 1. The number of aromatic amines is 1. The number of benzene rings is 2. The number of ether oxygens (including phenoxy) is 1. The fraction of sp³-hybridized carbons (Fsp3) is 0.167. The lowest BCUT2D eigenvalue weighted by atomic mass is 10.2. The molecule has 1 aromatic heterocycles. The van der Waals surface area contributed by atoms with E-state index in [1.807, 2.05) is 18.2 Å². The highest BCUT2D eigenvalue weighted by Crippen LogP contribution is 2.27. The van der Waals surface area contributed by atoms with Gasteiger partial charge in [-0.05, 0) is 35.7 Å². The van der Waals surface area contributed by atoms with Crippen molar-refractivity contribution in [1.82, 2.24) is 4.98 Å². The fourth-order valence-electron chi connectivity index (χ4n) is 2.50. The number of halogens is 2. The van der Waals surface area contributed by atoms with Crippen LogP contribution in [0.4, 0.5) is 5.69 Å². The summed E-state index contributed by atoms with van der Waals surface area (Å²) in [6.07, 6.45) is 0.792. The van der Waals surface area contributed by atoms with Crippen molar-refractivity contribution < 1.29 is 4.74 Å². The molecule has 1 heterocycles. The minimum absolute atomic E-state index is 0. The number of hydrogen-bond acceptors (Lipinski definition) is 2. The predicted molar refractivity (Wildman–Crippen MR) is 116 cm³/mol. The molecule has 3 aromatic rings. The van der Waals surface area contributed by atoms with Crippen molar-refractivity contribution in [2.75, 3.05) is 19.0 Å². The maximum absolute atomic E-state index is 6.09. The average molecular weight is 471 g/mol. The third-order valence-corrected chi connectivity index (χ3v) is 3.97. The van der Waals surface area contributed by atoms with E-state index < -0.39 is 0 Å². The molecule has 7 heteroatoms. The fourth-order valence-corrected chi connectivity index (χ4v) is 2.75. The van der Waals surface area contributed by atoms with Crippen molar-refractivity contribution in [2.24, 2.45) is 10.7 Å². The number of aliphatic imine (C=N–C) groups is 1. The molecule has 4 N–H and O–H groups in total. The van der Waals surface area contributed by atoms with Crippen LogP contribution in [0.3, 0.4) is 0 Å². The molecule has 0 amide bonds. The number of rotatable bonds is 5. The van der Waals surface area contributed by atoms with Crippen LogP contribution in [0.2, 0.25) is 5.02 Å². The lowest BCUT2D eigenvalue weighted by molar-refractivity contribution is 0.415. The monoisotopic (exact) mass is 470 g/mol. The van der Waals surface area contributed by atoms with E-state index in [1.165, 1.54) is 5.39 Å². The van der Waals surface area contributed by atoms with Gasteiger partial charge in [-0.25, -0.2) is 0 Å². The average Bonchev–Trinajstić information content (AvgIpc) is 2.97. The van der Waals surface area contributed by atoms with Crippen molar-refractivity contribution in [3.63, 3.8) is 0 Å². The van der Waals surface area contributed by atoms with E-state index >= 15 is 0 Å². The van der Waals surface area contributed by atoms with Gasteiger partial charge in [0.15, 0.2) is 5.96 Å². The van der Waals surface area contributed by atoms with Gasteiger partial charge in [-0.1, -0.05) is 29.8 Å². The van der Waals surface area contributed by atoms with E-state index in [9.17, 15) is 0 Å². The SMILES string of the molecule is COc1ccc(NC(N)=NCCc2cc3ccccc3[nH]2)cc1Cl.I. The molecule has 0 saturated heterocycles. The van der Waals surface area contributed by atoms with Crippen molar-refractivity contribution in [3.05, 3.63) is 59.2 Å². The summed E-state index contributed by atoms with van der Waals surface area (Å²) < 4.78 is 5.12. The summed E-state index contributed by atoms with van der Waals surface area (Å²) in [5.74, 6) is 0.976. The molecule has 0 saturated carbocycles. The maximum Gasteiger partial charge on any atom is 0.193 e. The molecular weight excluding hydrogens is 451 g/mol. The van der Waals surface area contributed by atoms with Crippen LogP contribution in [0.5, 0.6) is 5.75 Å². The third kappa shape index (κ3) is 5.02. The first kappa shape index (κ1) is 19.4. The normalized spacial score (nSPS) is 11.2. The summed E-state index contributed by atoms with van der Waals surface area (Å²) in [7, 11) is 1.58. The second kappa shape index (κ2) is 8.96. The van der Waals surface area contributed by atoms with Crippen molar-refractivity contribution in [1.29, 1.82) is 0 Å². The Morgan fingerprint density at radius 2 is 2.04 bits per heavy atom. The molecule has 0 fully saturated rings. The molecule has 0 aliphatic carbocycles. The third-order valence-electron chi connectivity index (χ3n) is 3.67. The minimum atomic E-state index is 0. The Morgan fingerprint density at radius 3 is 2.76 bits per heavy atom. The van der Waals surface area contributed by atoms with E-state index in [2.05, 4.69) is 33.5 Å². The smallest absolute Gasteiger partial charge is 0.193 e. The Bertz CT molecular complexity index is 845. The maximum atomic E-state index is 6.09. The van der Waals surface area contributed by atoms with Gasteiger partial charge in [0.05, 0.1) is 12.1 Å². The first-order chi connectivity index (χ1) is 11.7. The van der Waals surface area contributed by atoms with Crippen LogP contribution in [-0.4, -0.2) is 24.6 Å². The summed E-state index contributed by atoms with van der Waals surface area (Å²) in [5, 5.41) is 4.75.